The van der Waals surface area contributed by atoms with E-state index in [1.165, 1.54) is 11.1 Å². The van der Waals surface area contributed by atoms with Crippen LogP contribution in [0.4, 0.5) is 11.4 Å². The second-order valence-electron chi connectivity index (χ2n) is 15.0. The van der Waals surface area contributed by atoms with Crippen molar-refractivity contribution in [1.29, 1.82) is 0 Å². The van der Waals surface area contributed by atoms with Crippen LogP contribution in [0.25, 0.3) is 0 Å². The third-order valence-corrected chi connectivity index (χ3v) is 13.4. The van der Waals surface area contributed by atoms with Gasteiger partial charge in [0.05, 0.1) is 15.2 Å². The Bertz CT molecular complexity index is 2290. The number of nitrogens with zero attached hydrogens (tertiary/aromatic N) is 2. The van der Waals surface area contributed by atoms with Gasteiger partial charge in [-0.15, -0.1) is 0 Å². The molecule has 6 rings (SSSR count). The Balaban J connectivity index is 1.22. The molecule has 0 aromatic heterocycles. The number of aryl methyl sites for hydroxylation is 2. The number of nitrogens with one attached hydrogen (secondary N) is 2. The van der Waals surface area contributed by atoms with Crippen LogP contribution < -0.4 is 14.3 Å². The maximum atomic E-state index is 12.9. The molecule has 4 aromatic carbocycles. The second-order valence-corrected chi connectivity index (χ2v) is 18.5. The third-order valence-electron chi connectivity index (χ3n) is 10.5. The Hall–Kier alpha value is -4.35. The fourth-order valence-corrected chi connectivity index (χ4v) is 9.63. The minimum Gasteiger partial charge on any atom is -0.344 e. The van der Waals surface area contributed by atoms with Gasteiger partial charge in [-0.1, -0.05) is 91.7 Å². The van der Waals surface area contributed by atoms with Gasteiger partial charge in [0.1, 0.15) is 0 Å². The summed E-state index contributed by atoms with van der Waals surface area (Å²) in [5, 5.41) is 0. The van der Waals surface area contributed by atoms with E-state index >= 15 is 0 Å². The van der Waals surface area contributed by atoms with E-state index in [1.54, 1.807) is 24.3 Å². The standard InChI is InChI=1S/C43H51N4O4S2/c1-32-20-24-34(25-21-32)52(48,49)44-28-12-30-46-38-16-9-7-14-36(38)42(3,4)40(46)18-11-19-41-43(5,6)37-15-8-10-17-39(37)47(41)31-13-29-45-53(50,51)35-26-22-33(2)23-27-35/h7-11,14-27,44-45H,12-13,28-31H2,1-6H3/q+1. The number of anilines is 1. The first kappa shape index (κ1) is 38.4. The topological polar surface area (TPSA) is 98.6 Å². The van der Waals surface area contributed by atoms with Crippen molar-refractivity contribution in [2.75, 3.05) is 31.1 Å². The molecule has 2 aliphatic heterocycles. The van der Waals surface area contributed by atoms with E-state index in [0.717, 1.165) is 33.9 Å². The first-order chi connectivity index (χ1) is 25.1. The van der Waals surface area contributed by atoms with Gasteiger partial charge in [-0.05, 0) is 76.1 Å². The molecule has 4 aromatic rings. The Morgan fingerprint density at radius 3 is 1.79 bits per heavy atom. The highest BCUT2D eigenvalue weighted by Crippen LogP contribution is 2.47. The molecule has 278 valence electrons. The van der Waals surface area contributed by atoms with Gasteiger partial charge in [0, 0.05) is 60.6 Å². The van der Waals surface area contributed by atoms with Gasteiger partial charge in [0.2, 0.25) is 25.7 Å². The Morgan fingerprint density at radius 2 is 1.19 bits per heavy atom. The van der Waals surface area contributed by atoms with Crippen LogP contribution in [0.1, 0.15) is 62.8 Å². The van der Waals surface area contributed by atoms with Gasteiger partial charge in [-0.25, -0.2) is 26.3 Å². The number of sulfonamides is 2. The highest BCUT2D eigenvalue weighted by atomic mass is 32.2. The van der Waals surface area contributed by atoms with E-state index in [4.69, 9.17) is 0 Å². The molecule has 0 radical (unpaired) electrons. The van der Waals surface area contributed by atoms with Crippen molar-refractivity contribution in [3.8, 4) is 0 Å². The van der Waals surface area contributed by atoms with Crippen molar-refractivity contribution in [3.05, 3.63) is 143 Å². The molecule has 0 aliphatic carbocycles. The van der Waals surface area contributed by atoms with Crippen LogP contribution in [0.15, 0.2) is 131 Å². The zero-order chi connectivity index (χ0) is 38.0. The predicted molar refractivity (Wildman–Crippen MR) is 215 cm³/mol. The summed E-state index contributed by atoms with van der Waals surface area (Å²) in [6, 6.07) is 30.7. The highest BCUT2D eigenvalue weighted by molar-refractivity contribution is 7.89. The zero-order valence-corrected chi connectivity index (χ0v) is 33.2. The molecule has 0 spiro atoms. The van der Waals surface area contributed by atoms with Crippen molar-refractivity contribution in [2.24, 2.45) is 0 Å². The minimum absolute atomic E-state index is 0.268. The molecule has 0 fully saturated rings. The van der Waals surface area contributed by atoms with E-state index in [-0.39, 0.29) is 20.6 Å². The molecule has 2 heterocycles. The van der Waals surface area contributed by atoms with Crippen LogP contribution in [-0.2, 0) is 30.9 Å². The molecule has 0 amide bonds. The van der Waals surface area contributed by atoms with Gasteiger partial charge >= 0.3 is 0 Å². The fraction of sp³-hybridized carbons (Fsp3) is 0.326. The molecule has 0 atom stereocenters. The van der Waals surface area contributed by atoms with E-state index in [2.05, 4.69) is 101 Å². The summed E-state index contributed by atoms with van der Waals surface area (Å²) in [6.45, 7) is 14.7. The number of hydrogen-bond acceptors (Lipinski definition) is 5. The third kappa shape index (κ3) is 7.97. The van der Waals surface area contributed by atoms with Crippen molar-refractivity contribution in [2.45, 2.75) is 75.0 Å². The van der Waals surface area contributed by atoms with Crippen LogP contribution in [0.2, 0.25) is 0 Å². The zero-order valence-electron chi connectivity index (χ0n) is 31.6. The SMILES string of the molecule is Cc1ccc(S(=O)(=O)NCCCN2C(=CC=CC3=[N+](CCCNS(=O)(=O)c4ccc(C)cc4)c4ccccc4C3(C)C)C(C)(C)c3ccccc32)cc1. The molecular formula is C43H51N4O4S2+. The first-order valence-electron chi connectivity index (χ1n) is 18.3. The van der Waals surface area contributed by atoms with Crippen molar-refractivity contribution < 1.29 is 21.4 Å². The first-order valence-corrected chi connectivity index (χ1v) is 21.2. The molecular weight excluding hydrogens is 701 g/mol. The van der Waals surface area contributed by atoms with E-state index in [1.807, 2.05) is 50.2 Å². The van der Waals surface area contributed by atoms with Crippen LogP contribution in [-0.4, -0.2) is 53.3 Å². The van der Waals surface area contributed by atoms with Crippen LogP contribution in [0.3, 0.4) is 0 Å². The lowest BCUT2D eigenvalue weighted by molar-refractivity contribution is -0.437. The number of benzene rings is 4. The number of para-hydroxylation sites is 2. The summed E-state index contributed by atoms with van der Waals surface area (Å²) in [7, 11) is -7.20. The lowest BCUT2D eigenvalue weighted by Gasteiger charge is -2.27. The van der Waals surface area contributed by atoms with E-state index in [0.29, 0.717) is 39.0 Å². The van der Waals surface area contributed by atoms with Gasteiger partial charge in [-0.3, -0.25) is 0 Å². The number of hydrogen-bond donors (Lipinski definition) is 2. The Labute approximate surface area is 316 Å². The molecule has 0 unspecified atom stereocenters. The molecule has 53 heavy (non-hydrogen) atoms. The maximum Gasteiger partial charge on any atom is 0.240 e. The highest BCUT2D eigenvalue weighted by Gasteiger charge is 2.44. The monoisotopic (exact) mass is 751 g/mol. The second kappa shape index (κ2) is 15.2. The molecule has 2 aliphatic rings. The number of allylic oxidation sites excluding steroid dienone is 4. The summed E-state index contributed by atoms with van der Waals surface area (Å²) in [5.41, 5.74) is 8.50. The van der Waals surface area contributed by atoms with Crippen molar-refractivity contribution >= 4 is 37.1 Å². The fourth-order valence-electron chi connectivity index (χ4n) is 7.48. The smallest absolute Gasteiger partial charge is 0.240 e. The number of rotatable bonds is 14. The average Bonchev–Trinajstić information content (AvgIpc) is 3.47. The normalized spacial score (nSPS) is 17.2. The summed E-state index contributed by atoms with van der Waals surface area (Å²) < 4.78 is 59.7. The van der Waals surface area contributed by atoms with Gasteiger partial charge in [0.15, 0.2) is 12.3 Å². The summed E-state index contributed by atoms with van der Waals surface area (Å²) in [4.78, 5) is 2.86. The van der Waals surface area contributed by atoms with Gasteiger partial charge < -0.3 is 4.90 Å². The molecule has 0 saturated carbocycles. The summed E-state index contributed by atoms with van der Waals surface area (Å²) >= 11 is 0. The molecule has 2 N–H and O–H groups in total. The Morgan fingerprint density at radius 1 is 0.660 bits per heavy atom. The van der Waals surface area contributed by atoms with E-state index in [9.17, 15) is 16.8 Å². The van der Waals surface area contributed by atoms with Crippen molar-refractivity contribution in [3.63, 3.8) is 0 Å². The van der Waals surface area contributed by atoms with E-state index < -0.39 is 20.0 Å². The predicted octanol–water partition coefficient (Wildman–Crippen LogP) is 7.65. The minimum atomic E-state index is -3.60. The quantitative estimate of drug-likeness (QED) is 0.102. The van der Waals surface area contributed by atoms with Gasteiger partial charge in [0.25, 0.3) is 0 Å². The van der Waals surface area contributed by atoms with Crippen LogP contribution >= 0.6 is 0 Å². The average molecular weight is 752 g/mol. The lowest BCUT2D eigenvalue weighted by atomic mass is 9.81. The molecule has 0 bridgehead atoms. The van der Waals surface area contributed by atoms with Crippen LogP contribution in [0.5, 0.6) is 0 Å². The lowest BCUT2D eigenvalue weighted by Crippen LogP contribution is -2.31. The molecule has 8 nitrogen and oxygen atoms in total. The van der Waals surface area contributed by atoms with Crippen molar-refractivity contribution in [1.82, 2.24) is 9.44 Å². The summed E-state index contributed by atoms with van der Waals surface area (Å²) in [6.07, 6.45) is 7.76. The molecule has 10 heteroatoms. The largest absolute Gasteiger partial charge is 0.344 e. The van der Waals surface area contributed by atoms with Crippen LogP contribution in [0, 0.1) is 13.8 Å². The molecule has 0 saturated heterocycles. The number of fused-ring (bicyclic) bond motifs is 2. The van der Waals surface area contributed by atoms with Gasteiger partial charge in [-0.2, -0.15) is 4.58 Å². The Kier molecular flexibility index (Phi) is 11.0. The maximum absolute atomic E-state index is 12.9. The summed E-state index contributed by atoms with van der Waals surface area (Å²) in [5.74, 6) is 0.